The molecule has 0 amide bonds. The van der Waals surface area contributed by atoms with Gasteiger partial charge in [0.25, 0.3) is 0 Å². The number of ether oxygens (including phenoxy) is 2. The second-order valence-electron chi connectivity index (χ2n) is 3.08. The van der Waals surface area contributed by atoms with E-state index in [1.165, 1.54) is 0 Å². The molecule has 0 saturated carbocycles. The molecule has 1 rings (SSSR count). The van der Waals surface area contributed by atoms with Crippen molar-refractivity contribution in [3.05, 3.63) is 24.0 Å². The van der Waals surface area contributed by atoms with Gasteiger partial charge in [0, 0.05) is 12.6 Å². The Hall–Kier alpha value is -1.62. The van der Waals surface area contributed by atoms with E-state index in [9.17, 15) is 4.79 Å². The molecule has 0 spiro atoms. The summed E-state index contributed by atoms with van der Waals surface area (Å²) in [6.07, 6.45) is 2.29. The van der Waals surface area contributed by atoms with E-state index in [1.807, 2.05) is 0 Å². The Labute approximate surface area is 94.6 Å². The third-order valence-electron chi connectivity index (χ3n) is 1.88. The molecule has 0 aromatic carbocycles. The highest BCUT2D eigenvalue weighted by atomic mass is 16.6. The fraction of sp³-hybridized carbons (Fsp3) is 0.455. The number of pyridine rings is 1. The average Bonchev–Trinajstić information content (AvgIpc) is 2.29. The first kappa shape index (κ1) is 12.4. The van der Waals surface area contributed by atoms with Gasteiger partial charge in [-0.1, -0.05) is 0 Å². The topological polar surface area (TPSA) is 74.4 Å². The average molecular weight is 224 g/mol. The first-order valence-electron chi connectivity index (χ1n) is 5.20. The first-order valence-corrected chi connectivity index (χ1v) is 5.20. The lowest BCUT2D eigenvalue weighted by Crippen LogP contribution is -2.16. The Bertz CT molecular complexity index is 342. The number of hydrogen-bond acceptors (Lipinski definition) is 5. The maximum Gasteiger partial charge on any atom is 0.344 e. The van der Waals surface area contributed by atoms with Gasteiger partial charge in [-0.25, -0.2) is 4.79 Å². The van der Waals surface area contributed by atoms with E-state index < -0.39 is 0 Å². The summed E-state index contributed by atoms with van der Waals surface area (Å²) in [5, 5.41) is 0. The first-order chi connectivity index (χ1) is 7.77. The molecular formula is C11H16N2O3. The predicted molar refractivity (Wildman–Crippen MR) is 59.1 cm³/mol. The third-order valence-corrected chi connectivity index (χ3v) is 1.88. The van der Waals surface area contributed by atoms with Gasteiger partial charge in [0.05, 0.1) is 12.3 Å². The number of hydrogen-bond donors (Lipinski definition) is 1. The van der Waals surface area contributed by atoms with E-state index in [-0.39, 0.29) is 12.6 Å². The summed E-state index contributed by atoms with van der Waals surface area (Å²) in [6, 6.07) is 3.51. The lowest BCUT2D eigenvalue weighted by atomic mass is 10.2. The van der Waals surface area contributed by atoms with Gasteiger partial charge < -0.3 is 15.2 Å². The molecular weight excluding hydrogens is 208 g/mol. The molecule has 0 fully saturated rings. The van der Waals surface area contributed by atoms with Gasteiger partial charge in [0.1, 0.15) is 5.75 Å². The maximum atomic E-state index is 11.1. The van der Waals surface area contributed by atoms with Crippen molar-refractivity contribution in [2.45, 2.75) is 13.3 Å². The molecule has 0 radical (unpaired) electrons. The van der Waals surface area contributed by atoms with Gasteiger partial charge in [-0.05, 0) is 25.6 Å². The molecule has 88 valence electrons. The van der Waals surface area contributed by atoms with Crippen LogP contribution in [0.4, 0.5) is 0 Å². The van der Waals surface area contributed by atoms with Gasteiger partial charge >= 0.3 is 5.97 Å². The Morgan fingerprint density at radius 1 is 1.56 bits per heavy atom. The number of nitrogens with two attached hydrogens (primary N) is 1. The highest BCUT2D eigenvalue weighted by Gasteiger charge is 2.07. The second-order valence-corrected chi connectivity index (χ2v) is 3.08. The standard InChI is InChI=1S/C11H16N2O3/c1-2-15-11(14)8-16-10-4-3-7-13-9(10)5-6-12/h3-4,7H,2,5-6,8,12H2,1H3. The minimum absolute atomic E-state index is 0.100. The van der Waals surface area contributed by atoms with Gasteiger partial charge in [-0.15, -0.1) is 0 Å². The van der Waals surface area contributed by atoms with E-state index in [0.29, 0.717) is 25.3 Å². The molecule has 16 heavy (non-hydrogen) atoms. The minimum Gasteiger partial charge on any atom is -0.480 e. The molecule has 0 aliphatic rings. The van der Waals surface area contributed by atoms with Crippen molar-refractivity contribution >= 4 is 5.97 Å². The summed E-state index contributed by atoms with van der Waals surface area (Å²) >= 11 is 0. The van der Waals surface area contributed by atoms with E-state index in [1.54, 1.807) is 25.3 Å². The Morgan fingerprint density at radius 2 is 2.38 bits per heavy atom. The zero-order chi connectivity index (χ0) is 11.8. The quantitative estimate of drug-likeness (QED) is 0.713. The molecule has 0 bridgehead atoms. The van der Waals surface area contributed by atoms with Crippen LogP contribution in [0.5, 0.6) is 5.75 Å². The molecule has 0 unspecified atom stereocenters. The summed E-state index contributed by atoms with van der Waals surface area (Å²) in [6.45, 7) is 2.50. The van der Waals surface area contributed by atoms with Crippen LogP contribution in [-0.2, 0) is 16.0 Å². The zero-order valence-corrected chi connectivity index (χ0v) is 9.31. The van der Waals surface area contributed by atoms with Crippen LogP contribution in [-0.4, -0.2) is 30.7 Å². The van der Waals surface area contributed by atoms with Crippen LogP contribution < -0.4 is 10.5 Å². The lowest BCUT2D eigenvalue weighted by Gasteiger charge is -2.09. The molecule has 0 atom stereocenters. The van der Waals surface area contributed by atoms with Crippen molar-refractivity contribution in [2.24, 2.45) is 5.73 Å². The van der Waals surface area contributed by atoms with E-state index >= 15 is 0 Å². The van der Waals surface area contributed by atoms with Crippen LogP contribution in [0.3, 0.4) is 0 Å². The third kappa shape index (κ3) is 3.86. The largest absolute Gasteiger partial charge is 0.480 e. The number of nitrogens with zero attached hydrogens (tertiary/aromatic N) is 1. The Kier molecular flexibility index (Phi) is 5.28. The zero-order valence-electron chi connectivity index (χ0n) is 9.31. The molecule has 0 saturated heterocycles. The molecule has 5 nitrogen and oxygen atoms in total. The molecule has 0 aliphatic carbocycles. The predicted octanol–water partition coefficient (Wildman–Crippen LogP) is 0.525. The summed E-state index contributed by atoms with van der Waals surface area (Å²) in [4.78, 5) is 15.2. The van der Waals surface area contributed by atoms with Gasteiger partial charge in [0.15, 0.2) is 6.61 Å². The van der Waals surface area contributed by atoms with Gasteiger partial charge in [0.2, 0.25) is 0 Å². The molecule has 0 aliphatic heterocycles. The molecule has 2 N–H and O–H groups in total. The van der Waals surface area contributed by atoms with Crippen LogP contribution in [0.15, 0.2) is 18.3 Å². The van der Waals surface area contributed by atoms with Crippen LogP contribution in [0, 0.1) is 0 Å². The number of aromatic nitrogens is 1. The number of carbonyl (C=O) groups is 1. The Balaban J connectivity index is 2.55. The molecule has 1 aromatic heterocycles. The normalized spacial score (nSPS) is 9.88. The SMILES string of the molecule is CCOC(=O)COc1cccnc1CCN. The number of rotatable bonds is 6. The van der Waals surface area contributed by atoms with Crippen molar-refractivity contribution in [1.82, 2.24) is 4.98 Å². The summed E-state index contributed by atoms with van der Waals surface area (Å²) in [5.74, 6) is 0.200. The summed E-state index contributed by atoms with van der Waals surface area (Å²) < 4.78 is 10.1. The molecule has 5 heteroatoms. The highest BCUT2D eigenvalue weighted by molar-refractivity contribution is 5.71. The van der Waals surface area contributed by atoms with Crippen molar-refractivity contribution in [1.29, 1.82) is 0 Å². The number of esters is 1. The van der Waals surface area contributed by atoms with E-state index in [2.05, 4.69) is 4.98 Å². The van der Waals surface area contributed by atoms with Crippen LogP contribution in [0.2, 0.25) is 0 Å². The van der Waals surface area contributed by atoms with Gasteiger partial charge in [-0.3, -0.25) is 4.98 Å². The lowest BCUT2D eigenvalue weighted by molar-refractivity contribution is -0.145. The van der Waals surface area contributed by atoms with Gasteiger partial charge in [-0.2, -0.15) is 0 Å². The smallest absolute Gasteiger partial charge is 0.344 e. The fourth-order valence-electron chi connectivity index (χ4n) is 1.22. The van der Waals surface area contributed by atoms with Crippen molar-refractivity contribution < 1.29 is 14.3 Å². The summed E-state index contributed by atoms with van der Waals surface area (Å²) in [7, 11) is 0. The van der Waals surface area contributed by atoms with E-state index in [4.69, 9.17) is 15.2 Å². The summed E-state index contributed by atoms with van der Waals surface area (Å²) in [5.41, 5.74) is 6.20. The maximum absolute atomic E-state index is 11.1. The van der Waals surface area contributed by atoms with Crippen molar-refractivity contribution in [3.63, 3.8) is 0 Å². The fourth-order valence-corrected chi connectivity index (χ4v) is 1.22. The monoisotopic (exact) mass is 224 g/mol. The molecule has 1 heterocycles. The van der Waals surface area contributed by atoms with Crippen LogP contribution in [0.25, 0.3) is 0 Å². The van der Waals surface area contributed by atoms with Crippen molar-refractivity contribution in [3.8, 4) is 5.75 Å². The minimum atomic E-state index is -0.384. The Morgan fingerprint density at radius 3 is 3.06 bits per heavy atom. The van der Waals surface area contributed by atoms with Crippen LogP contribution in [0.1, 0.15) is 12.6 Å². The molecule has 1 aromatic rings. The second kappa shape index (κ2) is 6.79. The van der Waals surface area contributed by atoms with Crippen molar-refractivity contribution in [2.75, 3.05) is 19.8 Å². The van der Waals surface area contributed by atoms with Crippen LogP contribution >= 0.6 is 0 Å². The highest BCUT2D eigenvalue weighted by Crippen LogP contribution is 2.15. The van der Waals surface area contributed by atoms with E-state index in [0.717, 1.165) is 5.69 Å². The number of carbonyl (C=O) groups excluding carboxylic acids is 1.